The molecule has 0 aliphatic heterocycles. The molecule has 0 saturated carbocycles. The topological polar surface area (TPSA) is 98.9 Å². The van der Waals surface area contributed by atoms with Crippen molar-refractivity contribution in [1.82, 2.24) is 0 Å². The standard InChI is InChI=1S/C19H21NO5/c1-24-14-8-9-15(17(11-14)25-2)19(23)13-7-6-12(16(20)10-13)4-3-5-18(21)22/h6-11H,3-5,20H2,1-2H3,(H,21,22). The maximum absolute atomic E-state index is 12.7. The molecule has 0 radical (unpaired) electrons. The minimum atomic E-state index is -0.836. The summed E-state index contributed by atoms with van der Waals surface area (Å²) in [5.74, 6) is -0.0181. The molecule has 0 aliphatic carbocycles. The van der Waals surface area contributed by atoms with E-state index in [0.29, 0.717) is 41.2 Å². The van der Waals surface area contributed by atoms with Crippen molar-refractivity contribution >= 4 is 17.4 Å². The van der Waals surface area contributed by atoms with Crippen molar-refractivity contribution in [1.29, 1.82) is 0 Å². The van der Waals surface area contributed by atoms with Crippen molar-refractivity contribution in [3.05, 3.63) is 53.1 Å². The van der Waals surface area contributed by atoms with Crippen LogP contribution in [0.3, 0.4) is 0 Å². The number of carboxylic acid groups (broad SMARTS) is 1. The summed E-state index contributed by atoms with van der Waals surface area (Å²) < 4.78 is 10.4. The maximum Gasteiger partial charge on any atom is 0.303 e. The Kier molecular flexibility index (Phi) is 6.00. The number of carbonyl (C=O) groups excluding carboxylic acids is 1. The summed E-state index contributed by atoms with van der Waals surface area (Å²) in [5, 5.41) is 8.69. The highest BCUT2D eigenvalue weighted by molar-refractivity contribution is 6.11. The van der Waals surface area contributed by atoms with Crippen LogP contribution in [0.4, 0.5) is 5.69 Å². The zero-order chi connectivity index (χ0) is 18.4. The number of aryl methyl sites for hydroxylation is 1. The number of carbonyl (C=O) groups is 2. The van der Waals surface area contributed by atoms with Crippen LogP contribution in [0.1, 0.15) is 34.3 Å². The van der Waals surface area contributed by atoms with Crippen LogP contribution in [0.25, 0.3) is 0 Å². The Labute approximate surface area is 146 Å². The smallest absolute Gasteiger partial charge is 0.303 e. The predicted octanol–water partition coefficient (Wildman–Crippen LogP) is 2.92. The third-order valence-corrected chi connectivity index (χ3v) is 3.90. The quantitative estimate of drug-likeness (QED) is 0.565. The van der Waals surface area contributed by atoms with Crippen molar-refractivity contribution < 1.29 is 24.2 Å². The van der Waals surface area contributed by atoms with Crippen LogP contribution in [0.5, 0.6) is 11.5 Å². The molecular weight excluding hydrogens is 322 g/mol. The molecular formula is C19H21NO5. The van der Waals surface area contributed by atoms with Gasteiger partial charge in [0.05, 0.1) is 19.8 Å². The summed E-state index contributed by atoms with van der Waals surface area (Å²) in [7, 11) is 3.03. The first-order valence-corrected chi connectivity index (χ1v) is 7.83. The minimum Gasteiger partial charge on any atom is -0.497 e. The van der Waals surface area contributed by atoms with Gasteiger partial charge in [-0.15, -0.1) is 0 Å². The van der Waals surface area contributed by atoms with Gasteiger partial charge in [0, 0.05) is 23.7 Å². The Balaban J connectivity index is 2.22. The predicted molar refractivity (Wildman–Crippen MR) is 94.4 cm³/mol. The van der Waals surface area contributed by atoms with Crippen molar-refractivity contribution in [3.63, 3.8) is 0 Å². The Morgan fingerprint density at radius 2 is 1.84 bits per heavy atom. The average Bonchev–Trinajstić information content (AvgIpc) is 2.61. The Morgan fingerprint density at radius 1 is 1.08 bits per heavy atom. The van der Waals surface area contributed by atoms with Crippen LogP contribution in [0, 0.1) is 0 Å². The highest BCUT2D eigenvalue weighted by Gasteiger charge is 2.16. The molecule has 0 atom stereocenters. The highest BCUT2D eigenvalue weighted by Crippen LogP contribution is 2.28. The fourth-order valence-corrected chi connectivity index (χ4v) is 2.54. The Hall–Kier alpha value is -3.02. The van der Waals surface area contributed by atoms with E-state index in [1.807, 2.05) is 0 Å². The van der Waals surface area contributed by atoms with Crippen LogP contribution in [-0.2, 0) is 11.2 Å². The molecule has 0 heterocycles. The molecule has 25 heavy (non-hydrogen) atoms. The van der Waals surface area contributed by atoms with Crippen LogP contribution < -0.4 is 15.2 Å². The molecule has 0 spiro atoms. The molecule has 2 rings (SSSR count). The summed E-state index contributed by atoms with van der Waals surface area (Å²) in [4.78, 5) is 23.3. The summed E-state index contributed by atoms with van der Waals surface area (Å²) in [5.41, 5.74) is 8.19. The van der Waals surface area contributed by atoms with Gasteiger partial charge in [-0.2, -0.15) is 0 Å². The number of nitrogen functional groups attached to an aromatic ring is 1. The number of ether oxygens (including phenoxy) is 2. The fourth-order valence-electron chi connectivity index (χ4n) is 2.54. The molecule has 2 aromatic carbocycles. The van der Waals surface area contributed by atoms with Crippen LogP contribution in [-0.4, -0.2) is 31.1 Å². The Morgan fingerprint density at radius 3 is 2.44 bits per heavy atom. The van der Waals surface area contributed by atoms with E-state index in [2.05, 4.69) is 0 Å². The number of anilines is 1. The van der Waals surface area contributed by atoms with E-state index in [4.69, 9.17) is 20.3 Å². The van der Waals surface area contributed by atoms with Gasteiger partial charge in [0.2, 0.25) is 0 Å². The summed E-state index contributed by atoms with van der Waals surface area (Å²) in [6.45, 7) is 0. The summed E-state index contributed by atoms with van der Waals surface area (Å²) in [6, 6.07) is 10.1. The molecule has 6 nitrogen and oxygen atoms in total. The minimum absolute atomic E-state index is 0.0865. The maximum atomic E-state index is 12.7. The first kappa shape index (κ1) is 18.3. The lowest BCUT2D eigenvalue weighted by Crippen LogP contribution is -2.06. The lowest BCUT2D eigenvalue weighted by atomic mass is 9.98. The van der Waals surface area contributed by atoms with E-state index in [1.165, 1.54) is 7.11 Å². The number of methoxy groups -OCH3 is 2. The van der Waals surface area contributed by atoms with Crippen molar-refractivity contribution in [3.8, 4) is 11.5 Å². The van der Waals surface area contributed by atoms with Crippen molar-refractivity contribution in [2.75, 3.05) is 20.0 Å². The summed E-state index contributed by atoms with van der Waals surface area (Å²) >= 11 is 0. The second-order valence-corrected chi connectivity index (χ2v) is 5.56. The van der Waals surface area contributed by atoms with E-state index in [1.54, 1.807) is 43.5 Å². The van der Waals surface area contributed by atoms with Crippen molar-refractivity contribution in [2.24, 2.45) is 0 Å². The van der Waals surface area contributed by atoms with E-state index in [0.717, 1.165) is 5.56 Å². The van der Waals surface area contributed by atoms with E-state index >= 15 is 0 Å². The second kappa shape index (κ2) is 8.19. The first-order chi connectivity index (χ1) is 12.0. The molecule has 132 valence electrons. The van der Waals surface area contributed by atoms with Gasteiger partial charge in [0.15, 0.2) is 5.78 Å². The lowest BCUT2D eigenvalue weighted by molar-refractivity contribution is -0.137. The van der Waals surface area contributed by atoms with Crippen LogP contribution in [0.15, 0.2) is 36.4 Å². The van der Waals surface area contributed by atoms with Gasteiger partial charge in [-0.3, -0.25) is 9.59 Å². The van der Waals surface area contributed by atoms with Crippen LogP contribution in [0.2, 0.25) is 0 Å². The highest BCUT2D eigenvalue weighted by atomic mass is 16.5. The zero-order valence-corrected chi connectivity index (χ0v) is 14.2. The third-order valence-electron chi connectivity index (χ3n) is 3.90. The van der Waals surface area contributed by atoms with E-state index < -0.39 is 5.97 Å². The molecule has 0 unspecified atom stereocenters. The van der Waals surface area contributed by atoms with E-state index in [9.17, 15) is 9.59 Å². The number of nitrogens with two attached hydrogens (primary N) is 1. The third kappa shape index (κ3) is 4.50. The molecule has 6 heteroatoms. The molecule has 0 fully saturated rings. The molecule has 0 amide bonds. The Bertz CT molecular complexity index is 785. The molecule has 0 saturated heterocycles. The molecule has 0 bridgehead atoms. The molecule has 0 aliphatic rings. The average molecular weight is 343 g/mol. The number of hydrogen-bond donors (Lipinski definition) is 2. The summed E-state index contributed by atoms with van der Waals surface area (Å²) in [6.07, 6.45) is 1.14. The number of hydrogen-bond acceptors (Lipinski definition) is 5. The SMILES string of the molecule is COc1ccc(C(=O)c2ccc(CCCC(=O)O)c(N)c2)c(OC)c1. The number of aliphatic carboxylic acids is 1. The molecule has 2 aromatic rings. The van der Waals surface area contributed by atoms with Gasteiger partial charge in [0.1, 0.15) is 11.5 Å². The van der Waals surface area contributed by atoms with Gasteiger partial charge in [-0.1, -0.05) is 12.1 Å². The first-order valence-electron chi connectivity index (χ1n) is 7.83. The monoisotopic (exact) mass is 343 g/mol. The van der Waals surface area contributed by atoms with Gasteiger partial charge < -0.3 is 20.3 Å². The fraction of sp³-hybridized carbons (Fsp3) is 0.263. The normalized spacial score (nSPS) is 10.3. The molecule has 3 N–H and O–H groups in total. The largest absolute Gasteiger partial charge is 0.497 e. The van der Waals surface area contributed by atoms with Gasteiger partial charge in [0.25, 0.3) is 0 Å². The van der Waals surface area contributed by atoms with E-state index in [-0.39, 0.29) is 12.2 Å². The number of ketones is 1. The zero-order valence-electron chi connectivity index (χ0n) is 14.2. The van der Waals surface area contributed by atoms with Gasteiger partial charge in [-0.05, 0) is 36.6 Å². The van der Waals surface area contributed by atoms with Gasteiger partial charge in [-0.25, -0.2) is 0 Å². The second-order valence-electron chi connectivity index (χ2n) is 5.56. The number of benzene rings is 2. The number of carboxylic acids is 1. The van der Waals surface area contributed by atoms with Gasteiger partial charge >= 0.3 is 5.97 Å². The van der Waals surface area contributed by atoms with Crippen molar-refractivity contribution in [2.45, 2.75) is 19.3 Å². The lowest BCUT2D eigenvalue weighted by Gasteiger charge is -2.11. The van der Waals surface area contributed by atoms with Crippen LogP contribution >= 0.6 is 0 Å². The number of rotatable bonds is 8. The molecule has 0 aromatic heterocycles.